The van der Waals surface area contributed by atoms with E-state index in [1.54, 1.807) is 6.07 Å². The second kappa shape index (κ2) is 3.44. The van der Waals surface area contributed by atoms with Crippen LogP contribution in [0.3, 0.4) is 0 Å². The summed E-state index contributed by atoms with van der Waals surface area (Å²) in [5.74, 6) is 0. The Bertz CT molecular complexity index is 305. The Kier molecular flexibility index (Phi) is 2.77. The minimum absolute atomic E-state index is 0.00887. The van der Waals surface area contributed by atoms with Crippen LogP contribution in [-0.2, 0) is 0 Å². The number of hydrogen-bond acceptors (Lipinski definition) is 3. The van der Waals surface area contributed by atoms with Crippen LogP contribution in [0.25, 0.3) is 0 Å². The molecule has 0 saturated heterocycles. The average molecular weight is 329 g/mol. The van der Waals surface area contributed by atoms with E-state index >= 15 is 0 Å². The molecule has 1 aromatic rings. The van der Waals surface area contributed by atoms with Crippen molar-refractivity contribution in [3.8, 4) is 0 Å². The summed E-state index contributed by atoms with van der Waals surface area (Å²) in [4.78, 5) is 13.6. The van der Waals surface area contributed by atoms with Gasteiger partial charge in [-0.3, -0.25) is 10.1 Å². The lowest BCUT2D eigenvalue weighted by Crippen LogP contribution is -1.91. The maximum absolute atomic E-state index is 10.3. The Hall–Kier alpha value is -0.240. The molecule has 6 heteroatoms. The summed E-state index contributed by atoms with van der Waals surface area (Å²) in [6.45, 7) is 0. The third kappa shape index (κ3) is 2.09. The van der Waals surface area contributed by atoms with Crippen molar-refractivity contribution in [2.45, 2.75) is 0 Å². The molecule has 0 unspecified atom stereocenters. The van der Waals surface area contributed by atoms with E-state index in [0.29, 0.717) is 4.47 Å². The first kappa shape index (κ1) is 8.85. The zero-order valence-electron chi connectivity index (χ0n) is 5.12. The van der Waals surface area contributed by atoms with Crippen molar-refractivity contribution in [1.82, 2.24) is 4.98 Å². The minimum Gasteiger partial charge on any atom is -0.258 e. The highest BCUT2D eigenvalue weighted by atomic mass is 127. The Morgan fingerprint density at radius 3 is 2.82 bits per heavy atom. The fourth-order valence-electron chi connectivity index (χ4n) is 0.535. The predicted molar refractivity (Wildman–Crippen MR) is 51.3 cm³/mol. The lowest BCUT2D eigenvalue weighted by molar-refractivity contribution is -0.386. The number of hydrogen-bond donors (Lipinski definition) is 0. The number of rotatable bonds is 1. The van der Waals surface area contributed by atoms with Crippen LogP contribution in [0.5, 0.6) is 0 Å². The lowest BCUT2D eigenvalue weighted by Gasteiger charge is -1.93. The molecule has 58 valence electrons. The third-order valence-electron chi connectivity index (χ3n) is 0.997. The van der Waals surface area contributed by atoms with Gasteiger partial charge in [-0.05, 0) is 44.6 Å². The van der Waals surface area contributed by atoms with Crippen LogP contribution in [0.15, 0.2) is 16.7 Å². The van der Waals surface area contributed by atoms with E-state index in [2.05, 4.69) is 20.9 Å². The molecular weight excluding hydrogens is 327 g/mol. The molecule has 0 bridgehead atoms. The van der Waals surface area contributed by atoms with Crippen LogP contribution in [-0.4, -0.2) is 9.91 Å². The van der Waals surface area contributed by atoms with Gasteiger partial charge in [0.1, 0.15) is 9.90 Å². The molecule has 0 fully saturated rings. The summed E-state index contributed by atoms with van der Waals surface area (Å²) in [7, 11) is 0. The summed E-state index contributed by atoms with van der Waals surface area (Å²) >= 11 is 5.04. The van der Waals surface area contributed by atoms with Crippen molar-refractivity contribution in [3.63, 3.8) is 0 Å². The molecule has 0 N–H and O–H groups in total. The Morgan fingerprint density at radius 1 is 1.73 bits per heavy atom. The normalized spacial score (nSPS) is 9.64. The topological polar surface area (TPSA) is 56.0 Å². The molecule has 4 nitrogen and oxygen atoms in total. The van der Waals surface area contributed by atoms with Gasteiger partial charge in [-0.25, -0.2) is 4.98 Å². The number of aromatic nitrogens is 1. The molecule has 11 heavy (non-hydrogen) atoms. The van der Waals surface area contributed by atoms with Gasteiger partial charge < -0.3 is 0 Å². The molecule has 0 radical (unpaired) electrons. The quantitative estimate of drug-likeness (QED) is 0.344. The third-order valence-corrected chi connectivity index (χ3v) is 2.22. The monoisotopic (exact) mass is 328 g/mol. The molecule has 1 heterocycles. The van der Waals surface area contributed by atoms with Gasteiger partial charge in [0.25, 0.3) is 0 Å². The molecule has 1 rings (SSSR count). The van der Waals surface area contributed by atoms with Crippen molar-refractivity contribution < 1.29 is 4.92 Å². The largest absolute Gasteiger partial charge is 0.301 e. The maximum atomic E-state index is 10.3. The summed E-state index contributed by atoms with van der Waals surface area (Å²) in [6, 6.07) is 1.60. The van der Waals surface area contributed by atoms with E-state index in [4.69, 9.17) is 0 Å². The Morgan fingerprint density at radius 2 is 2.36 bits per heavy atom. The molecule has 1 aromatic heterocycles. The van der Waals surface area contributed by atoms with E-state index in [1.807, 2.05) is 22.6 Å². The highest BCUT2D eigenvalue weighted by molar-refractivity contribution is 14.1. The van der Waals surface area contributed by atoms with E-state index in [1.165, 1.54) is 6.20 Å². The van der Waals surface area contributed by atoms with Crippen molar-refractivity contribution in [2.24, 2.45) is 0 Å². The molecule has 0 aliphatic heterocycles. The van der Waals surface area contributed by atoms with Crippen LogP contribution < -0.4 is 0 Å². The summed E-state index contributed by atoms with van der Waals surface area (Å²) in [5.41, 5.74) is -0.00887. The predicted octanol–water partition coefficient (Wildman–Crippen LogP) is 2.36. The SMILES string of the molecule is O=[N+]([O-])c1cnc(I)cc1Br. The molecule has 0 aliphatic carbocycles. The first-order valence-corrected chi connectivity index (χ1v) is 4.44. The van der Waals surface area contributed by atoms with Crippen molar-refractivity contribution in [2.75, 3.05) is 0 Å². The number of pyridine rings is 1. The van der Waals surface area contributed by atoms with E-state index in [9.17, 15) is 10.1 Å². The first-order chi connectivity index (χ1) is 5.11. The number of nitro groups is 1. The zero-order valence-corrected chi connectivity index (χ0v) is 8.87. The molecule has 0 saturated carbocycles. The van der Waals surface area contributed by atoms with Crippen LogP contribution in [0, 0.1) is 13.8 Å². The fourth-order valence-corrected chi connectivity index (χ4v) is 1.88. The van der Waals surface area contributed by atoms with Crippen LogP contribution in [0.4, 0.5) is 5.69 Å². The Labute approximate surface area is 84.4 Å². The maximum Gasteiger partial charge on any atom is 0.301 e. The molecule has 0 aromatic carbocycles. The molecule has 0 spiro atoms. The van der Waals surface area contributed by atoms with Crippen molar-refractivity contribution in [1.29, 1.82) is 0 Å². The molecular formula is C5H2BrIN2O2. The average Bonchev–Trinajstić information content (AvgIpc) is 1.85. The van der Waals surface area contributed by atoms with Crippen molar-refractivity contribution >= 4 is 44.2 Å². The second-order valence-corrected chi connectivity index (χ2v) is 3.68. The smallest absolute Gasteiger partial charge is 0.258 e. The van der Waals surface area contributed by atoms with Gasteiger partial charge >= 0.3 is 5.69 Å². The molecule has 0 aliphatic rings. The van der Waals surface area contributed by atoms with Crippen molar-refractivity contribution in [3.05, 3.63) is 30.6 Å². The van der Waals surface area contributed by atoms with Gasteiger partial charge in [0.15, 0.2) is 0 Å². The summed E-state index contributed by atoms with van der Waals surface area (Å²) in [6.07, 6.45) is 1.23. The minimum atomic E-state index is -0.479. The molecule has 0 amide bonds. The summed E-state index contributed by atoms with van der Waals surface area (Å²) in [5, 5.41) is 10.3. The van der Waals surface area contributed by atoms with Gasteiger partial charge in [-0.15, -0.1) is 0 Å². The van der Waals surface area contributed by atoms with E-state index in [0.717, 1.165) is 3.70 Å². The Balaban J connectivity index is 3.20. The standard InChI is InChI=1S/C5H2BrIN2O2/c6-3-1-5(7)8-2-4(3)9(10)11/h1-2H. The van der Waals surface area contributed by atoms with Gasteiger partial charge in [-0.2, -0.15) is 0 Å². The van der Waals surface area contributed by atoms with E-state index < -0.39 is 4.92 Å². The van der Waals surface area contributed by atoms with Crippen LogP contribution in [0.2, 0.25) is 0 Å². The summed E-state index contributed by atoms with van der Waals surface area (Å²) < 4.78 is 1.18. The number of nitrogens with zero attached hydrogens (tertiary/aromatic N) is 2. The second-order valence-electron chi connectivity index (χ2n) is 1.72. The fraction of sp³-hybridized carbons (Fsp3) is 0. The van der Waals surface area contributed by atoms with Crippen LogP contribution in [0.1, 0.15) is 0 Å². The van der Waals surface area contributed by atoms with Gasteiger partial charge in [0, 0.05) is 0 Å². The first-order valence-electron chi connectivity index (χ1n) is 2.56. The van der Waals surface area contributed by atoms with Crippen LogP contribution >= 0.6 is 38.5 Å². The zero-order chi connectivity index (χ0) is 8.43. The molecule has 0 atom stereocenters. The highest BCUT2D eigenvalue weighted by Crippen LogP contribution is 2.24. The van der Waals surface area contributed by atoms with Gasteiger partial charge in [0.2, 0.25) is 0 Å². The van der Waals surface area contributed by atoms with E-state index in [-0.39, 0.29) is 5.69 Å². The highest BCUT2D eigenvalue weighted by Gasteiger charge is 2.11. The van der Waals surface area contributed by atoms with Gasteiger partial charge in [0.05, 0.1) is 9.40 Å². The van der Waals surface area contributed by atoms with Gasteiger partial charge in [-0.1, -0.05) is 0 Å². The lowest BCUT2D eigenvalue weighted by atomic mass is 10.4. The number of halogens is 2.